The van der Waals surface area contributed by atoms with Crippen LogP contribution in [0.25, 0.3) is 0 Å². The number of halogens is 4. The third-order valence-electron chi connectivity index (χ3n) is 5.29. The first-order chi connectivity index (χ1) is 14.7. The number of hydrogen-bond acceptors (Lipinski definition) is 6. The molecule has 11 heteroatoms. The summed E-state index contributed by atoms with van der Waals surface area (Å²) in [6.45, 7) is -0.693. The van der Waals surface area contributed by atoms with E-state index >= 15 is 0 Å². The third-order valence-corrected chi connectivity index (χ3v) is 5.82. The quantitative estimate of drug-likeness (QED) is 0.630. The molecule has 1 saturated heterocycles. The third kappa shape index (κ3) is 4.23. The zero-order valence-corrected chi connectivity index (χ0v) is 17.5. The Labute approximate surface area is 186 Å². The SMILES string of the molecule is O=C1COc2c(OC[C@]3(O)CCN(c4c(F)cc(Cl)cc4F)C[C@H]3O)ccc(Cl)c2N1. The molecule has 31 heavy (non-hydrogen) atoms. The van der Waals surface area contributed by atoms with Gasteiger partial charge in [-0.1, -0.05) is 23.2 Å². The molecule has 3 N–H and O–H groups in total. The fraction of sp³-hybridized carbons (Fsp3) is 0.350. The molecule has 4 rings (SSSR count). The number of aliphatic hydroxyl groups excluding tert-OH is 1. The Morgan fingerprint density at radius 2 is 2.00 bits per heavy atom. The topological polar surface area (TPSA) is 91.3 Å². The predicted molar refractivity (Wildman–Crippen MR) is 110 cm³/mol. The largest absolute Gasteiger partial charge is 0.486 e. The Balaban J connectivity index is 1.48. The molecule has 0 aromatic heterocycles. The summed E-state index contributed by atoms with van der Waals surface area (Å²) in [4.78, 5) is 12.8. The first kappa shape index (κ1) is 21.9. The molecule has 2 heterocycles. The highest BCUT2D eigenvalue weighted by atomic mass is 35.5. The van der Waals surface area contributed by atoms with Gasteiger partial charge in [-0.15, -0.1) is 0 Å². The number of amides is 1. The lowest BCUT2D eigenvalue weighted by Gasteiger charge is -2.42. The molecule has 2 aliphatic rings. The van der Waals surface area contributed by atoms with E-state index in [9.17, 15) is 23.8 Å². The van der Waals surface area contributed by atoms with Gasteiger partial charge in [0.15, 0.2) is 29.7 Å². The van der Waals surface area contributed by atoms with Crippen LogP contribution < -0.4 is 19.7 Å². The Morgan fingerprint density at radius 3 is 2.68 bits per heavy atom. The summed E-state index contributed by atoms with van der Waals surface area (Å²) in [5.74, 6) is -1.64. The summed E-state index contributed by atoms with van der Waals surface area (Å²) in [5.41, 5.74) is -1.74. The van der Waals surface area contributed by atoms with Gasteiger partial charge in [0.2, 0.25) is 0 Å². The van der Waals surface area contributed by atoms with E-state index in [1.807, 2.05) is 0 Å². The van der Waals surface area contributed by atoms with Gasteiger partial charge in [-0.05, 0) is 30.7 Å². The number of carbonyl (C=O) groups excluding carboxylic acids is 1. The van der Waals surface area contributed by atoms with Crippen molar-refractivity contribution in [3.05, 3.63) is 45.9 Å². The van der Waals surface area contributed by atoms with E-state index in [0.717, 1.165) is 12.1 Å². The van der Waals surface area contributed by atoms with E-state index < -0.39 is 23.3 Å². The van der Waals surface area contributed by atoms with Gasteiger partial charge in [0.25, 0.3) is 5.91 Å². The molecule has 0 spiro atoms. The molecule has 0 radical (unpaired) electrons. The number of aliphatic hydroxyl groups is 2. The van der Waals surface area contributed by atoms with Crippen LogP contribution in [-0.2, 0) is 4.79 Å². The van der Waals surface area contributed by atoms with Gasteiger partial charge < -0.3 is 29.9 Å². The van der Waals surface area contributed by atoms with Crippen LogP contribution in [0.15, 0.2) is 24.3 Å². The van der Waals surface area contributed by atoms with Gasteiger partial charge in [0.05, 0.1) is 5.02 Å². The van der Waals surface area contributed by atoms with Crippen molar-refractivity contribution in [2.24, 2.45) is 0 Å². The molecule has 2 atom stereocenters. The number of carbonyl (C=O) groups is 1. The Bertz CT molecular complexity index is 1020. The van der Waals surface area contributed by atoms with E-state index in [1.54, 1.807) is 0 Å². The number of fused-ring (bicyclic) bond motifs is 1. The van der Waals surface area contributed by atoms with Crippen molar-refractivity contribution < 1.29 is 33.3 Å². The summed E-state index contributed by atoms with van der Waals surface area (Å²) >= 11 is 11.7. The fourth-order valence-electron chi connectivity index (χ4n) is 3.60. The molecule has 0 aliphatic carbocycles. The van der Waals surface area contributed by atoms with E-state index in [4.69, 9.17) is 32.7 Å². The molecule has 2 aromatic carbocycles. The Kier molecular flexibility index (Phi) is 5.87. The zero-order valence-electron chi connectivity index (χ0n) is 16.0. The van der Waals surface area contributed by atoms with Crippen molar-refractivity contribution in [1.29, 1.82) is 0 Å². The van der Waals surface area contributed by atoms with Crippen molar-refractivity contribution in [3.8, 4) is 11.5 Å². The first-order valence-corrected chi connectivity index (χ1v) is 10.1. The van der Waals surface area contributed by atoms with Gasteiger partial charge in [-0.25, -0.2) is 8.78 Å². The highest BCUT2D eigenvalue weighted by Gasteiger charge is 2.43. The minimum atomic E-state index is -1.68. The minimum absolute atomic E-state index is 0.0248. The lowest BCUT2D eigenvalue weighted by atomic mass is 9.89. The number of nitrogens with one attached hydrogen (secondary N) is 1. The normalized spacial score (nSPS) is 23.1. The summed E-state index contributed by atoms with van der Waals surface area (Å²) in [6, 6.07) is 4.99. The molecular formula is C20H18Cl2F2N2O5. The Hall–Kier alpha value is -2.33. The van der Waals surface area contributed by atoms with E-state index in [-0.39, 0.29) is 71.6 Å². The summed E-state index contributed by atoms with van der Waals surface area (Å²) in [5, 5.41) is 24.2. The van der Waals surface area contributed by atoms with Crippen LogP contribution >= 0.6 is 23.2 Å². The fourth-order valence-corrected chi connectivity index (χ4v) is 3.99. The van der Waals surface area contributed by atoms with E-state index in [0.29, 0.717) is 0 Å². The Morgan fingerprint density at radius 1 is 1.29 bits per heavy atom. The standard InChI is InChI=1S/C20H18Cl2F2N2O5/c21-10-5-12(23)18(13(24)6-10)26-4-3-20(29,15(27)7-26)9-31-14-2-1-11(22)17-19(14)30-8-16(28)25-17/h1-2,5-6,15,27,29H,3-4,7-9H2,(H,25,28)/t15-,20-/m1/s1. The molecule has 0 bridgehead atoms. The van der Waals surface area contributed by atoms with Gasteiger partial charge in [-0.3, -0.25) is 4.79 Å². The van der Waals surface area contributed by atoms with Crippen LogP contribution in [0.1, 0.15) is 6.42 Å². The highest BCUT2D eigenvalue weighted by molar-refractivity contribution is 6.34. The predicted octanol–water partition coefficient (Wildman–Crippen LogP) is 2.98. The van der Waals surface area contributed by atoms with Crippen molar-refractivity contribution in [1.82, 2.24) is 0 Å². The second-order valence-electron chi connectivity index (χ2n) is 7.41. The molecule has 166 valence electrons. The molecule has 7 nitrogen and oxygen atoms in total. The number of rotatable bonds is 4. The van der Waals surface area contributed by atoms with Crippen molar-refractivity contribution in [2.45, 2.75) is 18.1 Å². The van der Waals surface area contributed by atoms with Crippen LogP contribution in [0.2, 0.25) is 10.0 Å². The average molecular weight is 475 g/mol. The van der Waals surface area contributed by atoms with E-state index in [1.165, 1.54) is 17.0 Å². The maximum Gasteiger partial charge on any atom is 0.262 e. The average Bonchev–Trinajstić information content (AvgIpc) is 2.70. The highest BCUT2D eigenvalue weighted by Crippen LogP contribution is 2.43. The number of hydrogen-bond donors (Lipinski definition) is 3. The van der Waals surface area contributed by atoms with E-state index in [2.05, 4.69) is 5.32 Å². The number of anilines is 2. The van der Waals surface area contributed by atoms with Crippen LogP contribution in [0.3, 0.4) is 0 Å². The number of nitrogens with zero attached hydrogens (tertiary/aromatic N) is 1. The monoisotopic (exact) mass is 474 g/mol. The van der Waals surface area contributed by atoms with Gasteiger partial charge in [-0.2, -0.15) is 0 Å². The van der Waals surface area contributed by atoms with Crippen LogP contribution in [0.5, 0.6) is 11.5 Å². The number of ether oxygens (including phenoxy) is 2. The molecule has 0 saturated carbocycles. The van der Waals surface area contributed by atoms with Crippen LogP contribution in [-0.4, -0.2) is 54.1 Å². The maximum atomic E-state index is 14.2. The smallest absolute Gasteiger partial charge is 0.262 e. The first-order valence-electron chi connectivity index (χ1n) is 9.36. The molecule has 0 unspecified atom stereocenters. The summed E-state index contributed by atoms with van der Waals surface area (Å²) < 4.78 is 39.5. The molecule has 2 aliphatic heterocycles. The number of β-amino-alcohol motifs (C(OH)–C–C–N with tert-alkyl or cyclic N) is 1. The molecular weight excluding hydrogens is 457 g/mol. The van der Waals surface area contributed by atoms with Gasteiger partial charge in [0.1, 0.15) is 29.7 Å². The second-order valence-corrected chi connectivity index (χ2v) is 8.25. The summed E-state index contributed by atoms with van der Waals surface area (Å²) in [6.07, 6.45) is -1.39. The summed E-state index contributed by atoms with van der Waals surface area (Å²) in [7, 11) is 0. The van der Waals surface area contributed by atoms with Gasteiger partial charge in [0, 0.05) is 18.1 Å². The zero-order chi connectivity index (χ0) is 22.3. The van der Waals surface area contributed by atoms with Crippen LogP contribution in [0.4, 0.5) is 20.2 Å². The number of benzene rings is 2. The van der Waals surface area contributed by atoms with Gasteiger partial charge >= 0.3 is 0 Å². The maximum absolute atomic E-state index is 14.2. The molecule has 1 fully saturated rings. The van der Waals surface area contributed by atoms with Crippen molar-refractivity contribution >= 4 is 40.5 Å². The number of piperidine rings is 1. The lowest BCUT2D eigenvalue weighted by molar-refractivity contribution is -0.118. The minimum Gasteiger partial charge on any atom is -0.486 e. The second kappa shape index (κ2) is 8.31. The lowest BCUT2D eigenvalue weighted by Crippen LogP contribution is -2.58. The molecule has 1 amide bonds. The van der Waals surface area contributed by atoms with Crippen molar-refractivity contribution in [3.63, 3.8) is 0 Å². The van der Waals surface area contributed by atoms with Crippen molar-refractivity contribution in [2.75, 3.05) is 36.5 Å². The van der Waals surface area contributed by atoms with Crippen LogP contribution in [0, 0.1) is 11.6 Å². The molecule has 2 aromatic rings.